The van der Waals surface area contributed by atoms with Crippen molar-refractivity contribution in [3.05, 3.63) is 35.9 Å². The number of amides is 1. The molecule has 6 nitrogen and oxygen atoms in total. The number of benzene rings is 1. The van der Waals surface area contributed by atoms with Crippen molar-refractivity contribution >= 4 is 11.9 Å². The molecule has 0 spiro atoms. The van der Waals surface area contributed by atoms with Crippen molar-refractivity contribution in [2.24, 2.45) is 4.99 Å². The van der Waals surface area contributed by atoms with Gasteiger partial charge in [0.1, 0.15) is 0 Å². The van der Waals surface area contributed by atoms with Crippen LogP contribution in [0.25, 0.3) is 0 Å². The molecule has 0 aliphatic carbocycles. The Kier molecular flexibility index (Phi) is 9.98. The van der Waals surface area contributed by atoms with Crippen molar-refractivity contribution in [3.63, 3.8) is 0 Å². The molecule has 2 rings (SSSR count). The molecule has 162 valence electrons. The normalized spacial score (nSPS) is 21.4. The third-order valence-corrected chi connectivity index (χ3v) is 5.56. The molecule has 3 N–H and O–H groups in total. The summed E-state index contributed by atoms with van der Waals surface area (Å²) in [4.78, 5) is 19.1. The van der Waals surface area contributed by atoms with Crippen LogP contribution in [-0.2, 0) is 11.3 Å². The van der Waals surface area contributed by atoms with Crippen LogP contribution in [-0.4, -0.2) is 54.5 Å². The number of guanidine groups is 1. The van der Waals surface area contributed by atoms with E-state index in [2.05, 4.69) is 76.9 Å². The van der Waals surface area contributed by atoms with Gasteiger partial charge in [0.2, 0.25) is 5.91 Å². The SMILES string of the molecule is CCNC(=NCCC(=O)NC(C)CC)NC1CCN(Cc2ccccc2)C(C)C1. The zero-order chi connectivity index (χ0) is 21.1. The van der Waals surface area contributed by atoms with Gasteiger partial charge in [0, 0.05) is 44.2 Å². The molecule has 0 radical (unpaired) electrons. The monoisotopic (exact) mass is 401 g/mol. The number of carbonyl (C=O) groups excluding carboxylic acids is 1. The second-order valence-corrected chi connectivity index (χ2v) is 8.06. The fourth-order valence-corrected chi connectivity index (χ4v) is 3.64. The molecule has 1 aromatic carbocycles. The lowest BCUT2D eigenvalue weighted by atomic mass is 9.97. The van der Waals surface area contributed by atoms with Gasteiger partial charge in [-0.25, -0.2) is 0 Å². The molecular formula is C23H39N5O. The van der Waals surface area contributed by atoms with E-state index in [4.69, 9.17) is 0 Å². The lowest BCUT2D eigenvalue weighted by molar-refractivity contribution is -0.121. The van der Waals surface area contributed by atoms with E-state index in [1.807, 2.05) is 6.92 Å². The van der Waals surface area contributed by atoms with Crippen molar-refractivity contribution in [1.29, 1.82) is 0 Å². The Labute approximate surface area is 176 Å². The van der Waals surface area contributed by atoms with Crippen LogP contribution < -0.4 is 16.0 Å². The van der Waals surface area contributed by atoms with Crippen molar-refractivity contribution in [1.82, 2.24) is 20.9 Å². The minimum absolute atomic E-state index is 0.0711. The topological polar surface area (TPSA) is 68.8 Å². The minimum atomic E-state index is 0.0711. The van der Waals surface area contributed by atoms with Gasteiger partial charge >= 0.3 is 0 Å². The Hall–Kier alpha value is -2.08. The average molecular weight is 402 g/mol. The third-order valence-electron chi connectivity index (χ3n) is 5.56. The van der Waals surface area contributed by atoms with Gasteiger partial charge < -0.3 is 16.0 Å². The lowest BCUT2D eigenvalue weighted by Gasteiger charge is -2.38. The smallest absolute Gasteiger partial charge is 0.222 e. The fourth-order valence-electron chi connectivity index (χ4n) is 3.64. The van der Waals surface area contributed by atoms with Crippen LogP contribution in [0.15, 0.2) is 35.3 Å². The van der Waals surface area contributed by atoms with E-state index in [0.717, 1.165) is 44.9 Å². The van der Waals surface area contributed by atoms with Gasteiger partial charge in [-0.1, -0.05) is 37.3 Å². The Balaban J connectivity index is 1.80. The van der Waals surface area contributed by atoms with Crippen LogP contribution in [0.2, 0.25) is 0 Å². The second kappa shape index (κ2) is 12.5. The number of nitrogens with zero attached hydrogens (tertiary/aromatic N) is 2. The van der Waals surface area contributed by atoms with Gasteiger partial charge in [-0.05, 0) is 45.6 Å². The molecule has 1 saturated heterocycles. The van der Waals surface area contributed by atoms with Gasteiger partial charge in [-0.3, -0.25) is 14.7 Å². The van der Waals surface area contributed by atoms with E-state index in [0.29, 0.717) is 25.0 Å². The summed E-state index contributed by atoms with van der Waals surface area (Å²) in [6.07, 6.45) is 3.55. The van der Waals surface area contributed by atoms with Crippen molar-refractivity contribution in [2.75, 3.05) is 19.6 Å². The van der Waals surface area contributed by atoms with Crippen molar-refractivity contribution in [2.45, 2.75) is 78.0 Å². The number of likely N-dealkylation sites (tertiary alicyclic amines) is 1. The Morgan fingerprint density at radius 1 is 1.28 bits per heavy atom. The van der Waals surface area contributed by atoms with Crippen molar-refractivity contribution < 1.29 is 4.79 Å². The largest absolute Gasteiger partial charge is 0.357 e. The summed E-state index contributed by atoms with van der Waals surface area (Å²) < 4.78 is 0. The second-order valence-electron chi connectivity index (χ2n) is 8.06. The summed E-state index contributed by atoms with van der Waals surface area (Å²) in [6.45, 7) is 11.9. The molecule has 3 atom stereocenters. The molecule has 0 aromatic heterocycles. The number of rotatable bonds is 9. The molecule has 1 aliphatic heterocycles. The van der Waals surface area contributed by atoms with Crippen LogP contribution in [0.1, 0.15) is 58.9 Å². The van der Waals surface area contributed by atoms with Crippen molar-refractivity contribution in [3.8, 4) is 0 Å². The minimum Gasteiger partial charge on any atom is -0.357 e. The molecule has 1 heterocycles. The Morgan fingerprint density at radius 3 is 2.69 bits per heavy atom. The number of hydrogen-bond acceptors (Lipinski definition) is 3. The third kappa shape index (κ3) is 8.44. The maximum atomic E-state index is 11.9. The standard InChI is InChI=1S/C23H39N5O/c1-5-18(3)26-22(29)12-14-25-23(24-6-2)27-21-13-15-28(19(4)16-21)17-20-10-8-7-9-11-20/h7-11,18-19,21H,5-6,12-17H2,1-4H3,(H,26,29)(H2,24,25,27). The van der Waals surface area contributed by atoms with Gasteiger partial charge in [0.05, 0.1) is 6.54 Å². The zero-order valence-corrected chi connectivity index (χ0v) is 18.6. The van der Waals surface area contributed by atoms with Crippen LogP contribution in [0.4, 0.5) is 0 Å². The molecule has 1 aliphatic rings. The molecule has 0 bridgehead atoms. The first-order chi connectivity index (χ1) is 14.0. The molecule has 0 saturated carbocycles. The number of piperidine rings is 1. The Morgan fingerprint density at radius 2 is 2.03 bits per heavy atom. The molecule has 1 amide bonds. The average Bonchev–Trinajstić information content (AvgIpc) is 2.71. The molecular weight excluding hydrogens is 362 g/mol. The number of carbonyl (C=O) groups is 1. The van der Waals surface area contributed by atoms with Crippen LogP contribution in [0.5, 0.6) is 0 Å². The number of nitrogens with one attached hydrogen (secondary N) is 3. The van der Waals surface area contributed by atoms with E-state index in [1.165, 1.54) is 5.56 Å². The zero-order valence-electron chi connectivity index (χ0n) is 18.6. The van der Waals surface area contributed by atoms with Gasteiger partial charge in [-0.15, -0.1) is 0 Å². The number of aliphatic imine (C=N–C) groups is 1. The summed E-state index contributed by atoms with van der Waals surface area (Å²) in [5, 5.41) is 9.89. The summed E-state index contributed by atoms with van der Waals surface area (Å²) in [6, 6.07) is 11.8. The molecule has 1 fully saturated rings. The predicted molar refractivity (Wildman–Crippen MR) is 121 cm³/mol. The van der Waals surface area contributed by atoms with Gasteiger partial charge in [0.25, 0.3) is 0 Å². The van der Waals surface area contributed by atoms with Gasteiger partial charge in [0.15, 0.2) is 5.96 Å². The maximum absolute atomic E-state index is 11.9. The van der Waals surface area contributed by atoms with Crippen LogP contribution >= 0.6 is 0 Å². The van der Waals surface area contributed by atoms with Gasteiger partial charge in [-0.2, -0.15) is 0 Å². The van der Waals surface area contributed by atoms with E-state index in [9.17, 15) is 4.79 Å². The van der Waals surface area contributed by atoms with E-state index in [-0.39, 0.29) is 11.9 Å². The fraction of sp³-hybridized carbons (Fsp3) is 0.652. The first kappa shape index (κ1) is 23.2. The molecule has 29 heavy (non-hydrogen) atoms. The van der Waals surface area contributed by atoms with E-state index < -0.39 is 0 Å². The summed E-state index contributed by atoms with van der Waals surface area (Å²) in [5.74, 6) is 0.888. The highest BCUT2D eigenvalue weighted by atomic mass is 16.1. The molecule has 3 unspecified atom stereocenters. The van der Waals surface area contributed by atoms with E-state index >= 15 is 0 Å². The predicted octanol–water partition coefficient (Wildman–Crippen LogP) is 2.90. The van der Waals surface area contributed by atoms with Crippen LogP contribution in [0, 0.1) is 0 Å². The van der Waals surface area contributed by atoms with E-state index in [1.54, 1.807) is 0 Å². The summed E-state index contributed by atoms with van der Waals surface area (Å²) in [7, 11) is 0. The first-order valence-electron chi connectivity index (χ1n) is 11.1. The highest BCUT2D eigenvalue weighted by molar-refractivity contribution is 5.81. The lowest BCUT2D eigenvalue weighted by Crippen LogP contribution is -2.51. The Bertz CT molecular complexity index is 633. The quantitative estimate of drug-likeness (QED) is 0.440. The summed E-state index contributed by atoms with van der Waals surface area (Å²) in [5.41, 5.74) is 1.37. The molecule has 1 aromatic rings. The first-order valence-corrected chi connectivity index (χ1v) is 11.1. The number of hydrogen-bond donors (Lipinski definition) is 3. The highest BCUT2D eigenvalue weighted by Gasteiger charge is 2.25. The summed E-state index contributed by atoms with van der Waals surface area (Å²) >= 11 is 0. The maximum Gasteiger partial charge on any atom is 0.222 e. The van der Waals surface area contributed by atoms with Crippen LogP contribution in [0.3, 0.4) is 0 Å². The highest BCUT2D eigenvalue weighted by Crippen LogP contribution is 2.19. The molecule has 6 heteroatoms.